The zero-order chi connectivity index (χ0) is 19.7. The summed E-state index contributed by atoms with van der Waals surface area (Å²) in [6, 6.07) is 13.4. The summed E-state index contributed by atoms with van der Waals surface area (Å²) in [4.78, 5) is 35.9. The van der Waals surface area contributed by atoms with Crippen LogP contribution < -0.4 is 0 Å². The minimum absolute atomic E-state index is 0.0423. The molecule has 0 saturated carbocycles. The summed E-state index contributed by atoms with van der Waals surface area (Å²) in [5.74, 6) is -0.705. The van der Waals surface area contributed by atoms with Crippen LogP contribution in [0.1, 0.15) is 24.5 Å². The van der Waals surface area contributed by atoms with E-state index < -0.39 is 5.41 Å². The second kappa shape index (κ2) is 7.05. The number of carbonyl (C=O) groups excluding carboxylic acids is 2. The molecule has 0 N–H and O–H groups in total. The van der Waals surface area contributed by atoms with Gasteiger partial charge in [-0.1, -0.05) is 49.4 Å². The molecule has 3 atom stereocenters. The van der Waals surface area contributed by atoms with E-state index in [2.05, 4.69) is 9.83 Å². The van der Waals surface area contributed by atoms with E-state index in [9.17, 15) is 9.59 Å². The lowest BCUT2D eigenvalue weighted by molar-refractivity contribution is -0.145. The van der Waals surface area contributed by atoms with Crippen LogP contribution in [0.25, 0.3) is 4.85 Å². The summed E-state index contributed by atoms with van der Waals surface area (Å²) in [5.41, 5.74) is 0.909. The number of amides is 1. The van der Waals surface area contributed by atoms with Crippen molar-refractivity contribution in [2.24, 2.45) is 11.8 Å². The summed E-state index contributed by atoms with van der Waals surface area (Å²) in [5, 5.41) is 0. The summed E-state index contributed by atoms with van der Waals surface area (Å²) in [6.45, 7) is 10.4. The molecule has 0 radical (unpaired) electrons. The second-order valence-corrected chi connectivity index (χ2v) is 7.51. The van der Waals surface area contributed by atoms with Crippen molar-refractivity contribution in [3.05, 3.63) is 89.2 Å². The Bertz CT molecular complexity index is 978. The molecule has 1 amide bonds. The van der Waals surface area contributed by atoms with E-state index in [0.29, 0.717) is 13.1 Å². The monoisotopic (exact) mass is 371 g/mol. The first-order valence-electron chi connectivity index (χ1n) is 9.46. The molecule has 1 saturated heterocycles. The number of benzene rings is 1. The van der Waals surface area contributed by atoms with Gasteiger partial charge in [-0.05, 0) is 29.5 Å². The molecule has 4 rings (SSSR count). The van der Waals surface area contributed by atoms with Crippen molar-refractivity contribution in [2.45, 2.75) is 25.3 Å². The van der Waals surface area contributed by atoms with Crippen molar-refractivity contribution in [3.8, 4) is 0 Å². The Kier molecular flexibility index (Phi) is 4.56. The number of pyridine rings is 1. The number of hydrogen-bond donors (Lipinski definition) is 0. The number of carbonyl (C=O) groups is 2. The summed E-state index contributed by atoms with van der Waals surface area (Å²) in [6.07, 6.45) is 5.83. The molecule has 0 unspecified atom stereocenters. The van der Waals surface area contributed by atoms with E-state index in [1.54, 1.807) is 18.5 Å². The molecular formula is C23H21N3O2. The Morgan fingerprint density at radius 1 is 1.21 bits per heavy atom. The number of piperidine rings is 1. The van der Waals surface area contributed by atoms with Crippen LogP contribution in [0, 0.1) is 18.4 Å². The third-order valence-electron chi connectivity index (χ3n) is 6.04. The Morgan fingerprint density at radius 3 is 2.68 bits per heavy atom. The number of Topliss-reactive ketones (excluding diaryl/α,β-unsaturated/α-hetero) is 1. The van der Waals surface area contributed by atoms with Crippen molar-refractivity contribution in [3.63, 3.8) is 0 Å². The van der Waals surface area contributed by atoms with E-state index in [1.807, 2.05) is 54.3 Å². The Labute approximate surface area is 164 Å². The summed E-state index contributed by atoms with van der Waals surface area (Å²) < 4.78 is 0. The minimum Gasteiger partial charge on any atom is -0.337 e. The third kappa shape index (κ3) is 2.73. The second-order valence-electron chi connectivity index (χ2n) is 7.51. The van der Waals surface area contributed by atoms with Crippen molar-refractivity contribution >= 4 is 11.7 Å². The van der Waals surface area contributed by atoms with E-state index in [-0.39, 0.29) is 29.2 Å². The highest BCUT2D eigenvalue weighted by atomic mass is 16.2. The van der Waals surface area contributed by atoms with Crippen LogP contribution in [0.2, 0.25) is 0 Å². The van der Waals surface area contributed by atoms with Gasteiger partial charge in [0.05, 0.1) is 12.0 Å². The van der Waals surface area contributed by atoms with Crippen LogP contribution in [-0.2, 0) is 21.5 Å². The van der Waals surface area contributed by atoms with Gasteiger partial charge in [-0.15, -0.1) is 0 Å². The molecule has 0 bridgehead atoms. The van der Waals surface area contributed by atoms with Crippen molar-refractivity contribution in [2.75, 3.05) is 6.54 Å². The first-order valence-corrected chi connectivity index (χ1v) is 9.46. The molecule has 1 aromatic carbocycles. The number of likely N-dealkylation sites (tertiary alicyclic amines) is 1. The topological polar surface area (TPSA) is 54.6 Å². The maximum atomic E-state index is 13.8. The Morgan fingerprint density at radius 2 is 2.00 bits per heavy atom. The first kappa shape index (κ1) is 18.1. The molecule has 140 valence electrons. The average Bonchev–Trinajstić information content (AvgIpc) is 2.74. The van der Waals surface area contributed by atoms with E-state index in [0.717, 1.165) is 17.5 Å². The number of rotatable bonds is 3. The van der Waals surface area contributed by atoms with Gasteiger partial charge >= 0.3 is 0 Å². The fourth-order valence-corrected chi connectivity index (χ4v) is 4.65. The number of aromatic nitrogens is 1. The van der Waals surface area contributed by atoms with E-state index in [4.69, 9.17) is 6.57 Å². The lowest BCUT2D eigenvalue weighted by atomic mass is 9.58. The van der Waals surface area contributed by atoms with Crippen LogP contribution >= 0.6 is 0 Å². The molecule has 5 nitrogen and oxygen atoms in total. The normalized spacial score (nSPS) is 27.0. The molecule has 1 aromatic heterocycles. The maximum absolute atomic E-state index is 13.8. The molecule has 1 aliphatic carbocycles. The number of ketones is 1. The Balaban J connectivity index is 1.84. The largest absolute Gasteiger partial charge is 0.337 e. The smallest absolute Gasteiger partial charge is 0.236 e. The van der Waals surface area contributed by atoms with Gasteiger partial charge < -0.3 is 9.69 Å². The van der Waals surface area contributed by atoms with Gasteiger partial charge in [-0.2, -0.15) is 0 Å². The average molecular weight is 371 g/mol. The fraction of sp³-hybridized carbons (Fsp3) is 0.304. The molecule has 5 heteroatoms. The van der Waals surface area contributed by atoms with Gasteiger partial charge in [0.1, 0.15) is 0 Å². The fourth-order valence-electron chi connectivity index (χ4n) is 4.65. The minimum atomic E-state index is -0.977. The van der Waals surface area contributed by atoms with Crippen molar-refractivity contribution < 1.29 is 9.59 Å². The van der Waals surface area contributed by atoms with E-state index in [1.165, 1.54) is 0 Å². The molecular weight excluding hydrogens is 350 g/mol. The van der Waals surface area contributed by atoms with Gasteiger partial charge in [-0.3, -0.25) is 9.78 Å². The van der Waals surface area contributed by atoms with Gasteiger partial charge in [-0.25, -0.2) is 4.85 Å². The lowest BCUT2D eigenvalue weighted by Crippen LogP contribution is -2.59. The molecule has 1 aliphatic heterocycles. The zero-order valence-electron chi connectivity index (χ0n) is 15.7. The standard InChI is InChI=1S/C23H21N3O2/c1-16-19-10-12-26(15-17-7-6-11-25-14-17)22(28)23(19,13-20(24-2)21(16)27)18-8-4-3-5-9-18/h3-9,11,13-14,16,19H,10,12,15H2,1H3/t16-,19-,23+/m1/s1. The lowest BCUT2D eigenvalue weighted by Gasteiger charge is -2.50. The molecule has 2 aliphatic rings. The van der Waals surface area contributed by atoms with Crippen LogP contribution in [0.5, 0.6) is 0 Å². The van der Waals surface area contributed by atoms with Crippen LogP contribution in [0.3, 0.4) is 0 Å². The highest BCUT2D eigenvalue weighted by molar-refractivity contribution is 6.04. The first-order chi connectivity index (χ1) is 13.6. The van der Waals surface area contributed by atoms with Crippen molar-refractivity contribution in [1.82, 2.24) is 9.88 Å². The number of nitrogens with zero attached hydrogens (tertiary/aromatic N) is 3. The quantitative estimate of drug-likeness (QED) is 0.777. The van der Waals surface area contributed by atoms with Crippen LogP contribution in [0.15, 0.2) is 66.6 Å². The molecule has 2 heterocycles. The van der Waals surface area contributed by atoms with E-state index >= 15 is 0 Å². The predicted molar refractivity (Wildman–Crippen MR) is 105 cm³/mol. The Hall–Kier alpha value is -3.26. The van der Waals surface area contributed by atoms with Crippen LogP contribution in [-0.4, -0.2) is 28.1 Å². The summed E-state index contributed by atoms with van der Waals surface area (Å²) in [7, 11) is 0. The van der Waals surface area contributed by atoms with Gasteiger partial charge in [0, 0.05) is 31.4 Å². The molecule has 2 aromatic rings. The molecule has 1 fully saturated rings. The highest BCUT2D eigenvalue weighted by Crippen LogP contribution is 2.49. The third-order valence-corrected chi connectivity index (χ3v) is 6.04. The number of allylic oxidation sites excluding steroid dienone is 1. The highest BCUT2D eigenvalue weighted by Gasteiger charge is 2.56. The molecule has 28 heavy (non-hydrogen) atoms. The SMILES string of the molecule is [C-]#[N+]C1=C[C@@]2(c3ccccc3)C(=O)N(Cc3cccnc3)CC[C@@H]2[C@@H](C)C1=O. The summed E-state index contributed by atoms with van der Waals surface area (Å²) >= 11 is 0. The maximum Gasteiger partial charge on any atom is 0.236 e. The molecule has 0 spiro atoms. The van der Waals surface area contributed by atoms with Gasteiger partial charge in [0.25, 0.3) is 0 Å². The van der Waals surface area contributed by atoms with Crippen molar-refractivity contribution in [1.29, 1.82) is 0 Å². The zero-order valence-corrected chi connectivity index (χ0v) is 15.7. The predicted octanol–water partition coefficient (Wildman–Crippen LogP) is 3.39. The van der Waals surface area contributed by atoms with Crippen LogP contribution in [0.4, 0.5) is 0 Å². The number of fused-ring (bicyclic) bond motifs is 1. The number of hydrogen-bond acceptors (Lipinski definition) is 3. The van der Waals surface area contributed by atoms with Gasteiger partial charge in [0.2, 0.25) is 11.6 Å². The van der Waals surface area contributed by atoms with Gasteiger partial charge in [0.15, 0.2) is 5.78 Å².